The Morgan fingerprint density at radius 3 is 2.39 bits per heavy atom. The average Bonchev–Trinajstić information content (AvgIpc) is 3.15. The molecule has 1 heterocycles. The molecule has 2 unspecified atom stereocenters. The summed E-state index contributed by atoms with van der Waals surface area (Å²) in [4.78, 5) is 10.0. The van der Waals surface area contributed by atoms with Gasteiger partial charge in [0.2, 0.25) is 0 Å². The molecule has 2 atom stereocenters. The molecule has 0 saturated heterocycles. The first-order valence-electron chi connectivity index (χ1n) is 9.40. The number of fused-ring (bicyclic) bond motifs is 1. The van der Waals surface area contributed by atoms with Gasteiger partial charge in [-0.25, -0.2) is 4.98 Å². The number of para-hydroxylation sites is 1. The molecule has 3 aromatic rings. The van der Waals surface area contributed by atoms with Crippen LogP contribution in [-0.4, -0.2) is 41.5 Å². The molecular formula is C21H27N3O3S. The predicted molar refractivity (Wildman–Crippen MR) is 114 cm³/mol. The lowest BCUT2D eigenvalue weighted by molar-refractivity contribution is 0.356. The van der Waals surface area contributed by atoms with E-state index in [1.165, 1.54) is 0 Å². The lowest BCUT2D eigenvalue weighted by Crippen LogP contribution is -2.24. The van der Waals surface area contributed by atoms with Gasteiger partial charge in [-0.05, 0) is 32.4 Å². The SMILES string of the molecule is CCN(CC)c1ccccc1C(C)S(=O)c1nc2cc(OC)c(OC)cc2[nH]1. The lowest BCUT2D eigenvalue weighted by atomic mass is 10.1. The van der Waals surface area contributed by atoms with Crippen LogP contribution in [0.25, 0.3) is 11.0 Å². The number of ether oxygens (including phenoxy) is 2. The topological polar surface area (TPSA) is 67.5 Å². The minimum atomic E-state index is -1.33. The molecule has 0 aliphatic heterocycles. The van der Waals surface area contributed by atoms with Crippen molar-refractivity contribution in [3.63, 3.8) is 0 Å². The molecule has 2 aromatic carbocycles. The number of methoxy groups -OCH3 is 2. The van der Waals surface area contributed by atoms with Crippen LogP contribution in [0.1, 0.15) is 31.6 Å². The van der Waals surface area contributed by atoms with E-state index in [2.05, 4.69) is 34.8 Å². The Labute approximate surface area is 168 Å². The molecule has 0 aliphatic carbocycles. The van der Waals surface area contributed by atoms with E-state index in [1.54, 1.807) is 20.3 Å². The highest BCUT2D eigenvalue weighted by Crippen LogP contribution is 2.34. The first-order chi connectivity index (χ1) is 13.5. The number of aromatic nitrogens is 2. The Balaban J connectivity index is 1.98. The Kier molecular flexibility index (Phi) is 6.24. The zero-order valence-electron chi connectivity index (χ0n) is 17.0. The van der Waals surface area contributed by atoms with E-state index in [1.807, 2.05) is 31.2 Å². The maximum Gasteiger partial charge on any atom is 0.198 e. The number of H-pyrrole nitrogens is 1. The van der Waals surface area contributed by atoms with Crippen molar-refractivity contribution in [2.45, 2.75) is 31.2 Å². The third-order valence-electron chi connectivity index (χ3n) is 4.96. The zero-order valence-corrected chi connectivity index (χ0v) is 17.8. The normalized spacial score (nSPS) is 13.3. The van der Waals surface area contributed by atoms with Gasteiger partial charge in [0.1, 0.15) is 0 Å². The molecule has 0 fully saturated rings. The Morgan fingerprint density at radius 1 is 1.11 bits per heavy atom. The standard InChI is InChI=1S/C21H27N3O3S/c1-6-24(7-2)18-11-9-8-10-15(18)14(3)28(25)21-22-16-12-19(26-4)20(27-5)13-17(16)23-21/h8-14H,6-7H2,1-5H3,(H,22,23). The van der Waals surface area contributed by atoms with Crippen LogP contribution in [0.5, 0.6) is 11.5 Å². The molecule has 0 aliphatic rings. The third kappa shape index (κ3) is 3.71. The summed E-state index contributed by atoms with van der Waals surface area (Å²) in [5.41, 5.74) is 3.64. The molecule has 0 bridgehead atoms. The Bertz CT molecular complexity index is 941. The summed E-state index contributed by atoms with van der Waals surface area (Å²) in [5, 5.41) is 0.244. The fourth-order valence-corrected chi connectivity index (χ4v) is 4.54. The average molecular weight is 402 g/mol. The Morgan fingerprint density at radius 2 is 1.75 bits per heavy atom. The van der Waals surface area contributed by atoms with Crippen LogP contribution in [-0.2, 0) is 10.8 Å². The van der Waals surface area contributed by atoms with Crippen molar-refractivity contribution in [3.05, 3.63) is 42.0 Å². The number of benzene rings is 2. The summed E-state index contributed by atoms with van der Waals surface area (Å²) in [6.07, 6.45) is 0. The van der Waals surface area contributed by atoms with Crippen molar-refractivity contribution >= 4 is 27.5 Å². The Hall–Kier alpha value is -2.54. The van der Waals surface area contributed by atoms with Gasteiger partial charge in [-0.2, -0.15) is 0 Å². The highest BCUT2D eigenvalue weighted by molar-refractivity contribution is 7.85. The number of rotatable bonds is 8. The van der Waals surface area contributed by atoms with Gasteiger partial charge >= 0.3 is 0 Å². The van der Waals surface area contributed by atoms with Gasteiger partial charge in [-0.1, -0.05) is 18.2 Å². The van der Waals surface area contributed by atoms with Crippen LogP contribution in [0, 0.1) is 0 Å². The number of nitrogens with zero attached hydrogens (tertiary/aromatic N) is 2. The van der Waals surface area contributed by atoms with E-state index in [9.17, 15) is 4.21 Å². The molecule has 0 saturated carbocycles. The quantitative estimate of drug-likeness (QED) is 0.610. The second-order valence-corrected chi connectivity index (χ2v) is 8.13. The van der Waals surface area contributed by atoms with E-state index in [0.29, 0.717) is 22.2 Å². The molecule has 0 radical (unpaired) electrons. The van der Waals surface area contributed by atoms with Gasteiger partial charge in [-0.15, -0.1) is 0 Å². The first-order valence-corrected chi connectivity index (χ1v) is 10.6. The van der Waals surface area contributed by atoms with Gasteiger partial charge < -0.3 is 19.4 Å². The van der Waals surface area contributed by atoms with Crippen molar-refractivity contribution in [1.29, 1.82) is 0 Å². The van der Waals surface area contributed by atoms with Crippen molar-refractivity contribution < 1.29 is 13.7 Å². The summed E-state index contributed by atoms with van der Waals surface area (Å²) in [7, 11) is 1.84. The lowest BCUT2D eigenvalue weighted by Gasteiger charge is -2.26. The smallest absolute Gasteiger partial charge is 0.198 e. The highest BCUT2D eigenvalue weighted by atomic mass is 32.2. The molecule has 150 valence electrons. The first kappa shape index (κ1) is 20.2. The highest BCUT2D eigenvalue weighted by Gasteiger charge is 2.23. The maximum absolute atomic E-state index is 13.3. The van der Waals surface area contributed by atoms with Gasteiger partial charge in [0, 0.05) is 30.9 Å². The van der Waals surface area contributed by atoms with Crippen LogP contribution in [0.4, 0.5) is 5.69 Å². The summed E-state index contributed by atoms with van der Waals surface area (Å²) < 4.78 is 24.0. The molecule has 0 amide bonds. The predicted octanol–water partition coefficient (Wildman–Crippen LogP) is 4.30. The minimum absolute atomic E-state index is 0.207. The van der Waals surface area contributed by atoms with Gasteiger partial charge in [-0.3, -0.25) is 4.21 Å². The molecule has 7 heteroatoms. The molecule has 1 aromatic heterocycles. The molecule has 0 spiro atoms. The fraction of sp³-hybridized carbons (Fsp3) is 0.381. The van der Waals surface area contributed by atoms with E-state index >= 15 is 0 Å². The van der Waals surface area contributed by atoms with Crippen molar-refractivity contribution in [1.82, 2.24) is 9.97 Å². The van der Waals surface area contributed by atoms with Crippen molar-refractivity contribution in [2.24, 2.45) is 0 Å². The van der Waals surface area contributed by atoms with Crippen LogP contribution in [0.15, 0.2) is 41.6 Å². The van der Waals surface area contributed by atoms with Crippen LogP contribution in [0.3, 0.4) is 0 Å². The number of hydrogen-bond acceptors (Lipinski definition) is 5. The van der Waals surface area contributed by atoms with E-state index in [0.717, 1.165) is 29.9 Å². The van der Waals surface area contributed by atoms with E-state index in [4.69, 9.17) is 9.47 Å². The molecule has 1 N–H and O–H groups in total. The van der Waals surface area contributed by atoms with Crippen molar-refractivity contribution in [2.75, 3.05) is 32.2 Å². The fourth-order valence-electron chi connectivity index (χ4n) is 3.38. The van der Waals surface area contributed by atoms with Crippen molar-refractivity contribution in [3.8, 4) is 11.5 Å². The number of imidazole rings is 1. The molecular weight excluding hydrogens is 374 g/mol. The second-order valence-electron chi connectivity index (χ2n) is 6.44. The van der Waals surface area contributed by atoms with Gasteiger partial charge in [0.05, 0.1) is 41.3 Å². The maximum atomic E-state index is 13.3. The van der Waals surface area contributed by atoms with Crippen LogP contribution in [0.2, 0.25) is 0 Å². The van der Waals surface area contributed by atoms with E-state index in [-0.39, 0.29) is 5.25 Å². The van der Waals surface area contributed by atoms with Crippen LogP contribution >= 0.6 is 0 Å². The number of aromatic amines is 1. The molecule has 28 heavy (non-hydrogen) atoms. The molecule has 6 nitrogen and oxygen atoms in total. The largest absolute Gasteiger partial charge is 0.493 e. The third-order valence-corrected chi connectivity index (χ3v) is 6.43. The zero-order chi connectivity index (χ0) is 20.3. The minimum Gasteiger partial charge on any atom is -0.493 e. The number of anilines is 1. The number of hydrogen-bond donors (Lipinski definition) is 1. The van der Waals surface area contributed by atoms with E-state index < -0.39 is 10.8 Å². The summed E-state index contributed by atoms with van der Waals surface area (Å²) >= 11 is 0. The molecule has 3 rings (SSSR count). The van der Waals surface area contributed by atoms with Gasteiger partial charge in [0.25, 0.3) is 0 Å². The van der Waals surface area contributed by atoms with Crippen LogP contribution < -0.4 is 14.4 Å². The summed E-state index contributed by atoms with van der Waals surface area (Å²) in [5.74, 6) is 1.20. The monoisotopic (exact) mass is 401 g/mol. The number of nitrogens with one attached hydrogen (secondary N) is 1. The summed E-state index contributed by atoms with van der Waals surface area (Å²) in [6, 6.07) is 11.8. The van der Waals surface area contributed by atoms with Gasteiger partial charge in [0.15, 0.2) is 16.7 Å². The second kappa shape index (κ2) is 8.65. The summed E-state index contributed by atoms with van der Waals surface area (Å²) in [6.45, 7) is 8.03.